The average Bonchev–Trinajstić information content (AvgIpc) is 2.90. The van der Waals surface area contributed by atoms with E-state index in [0.29, 0.717) is 18.7 Å². The van der Waals surface area contributed by atoms with Crippen molar-refractivity contribution in [2.45, 2.75) is 38.5 Å². The maximum atomic E-state index is 13.4. The first-order valence-electron chi connectivity index (χ1n) is 12.2. The predicted octanol–water partition coefficient (Wildman–Crippen LogP) is 5.70. The van der Waals surface area contributed by atoms with Gasteiger partial charge in [0, 0.05) is 31.2 Å². The van der Waals surface area contributed by atoms with Crippen LogP contribution >= 0.6 is 12.8 Å². The van der Waals surface area contributed by atoms with Crippen molar-refractivity contribution in [1.82, 2.24) is 9.71 Å². The number of benzene rings is 1. The lowest BCUT2D eigenvalue weighted by Gasteiger charge is -2.38. The lowest BCUT2D eigenvalue weighted by molar-refractivity contribution is 0.436. The first kappa shape index (κ1) is 25.2. The summed E-state index contributed by atoms with van der Waals surface area (Å²) >= 11 is 4.21. The molecule has 0 bridgehead atoms. The molecular weight excluding hydrogens is 457 g/mol. The molecule has 1 aliphatic heterocycles. The Morgan fingerprint density at radius 3 is 2.66 bits per heavy atom. The molecule has 1 fully saturated rings. The molecule has 1 aliphatic carbocycles. The number of thiol groups is 1. The summed E-state index contributed by atoms with van der Waals surface area (Å²) in [7, 11) is 0. The van der Waals surface area contributed by atoms with E-state index in [-0.39, 0.29) is 11.2 Å². The molecule has 2 aliphatic rings. The molecule has 2 heterocycles. The summed E-state index contributed by atoms with van der Waals surface area (Å²) in [6, 6.07) is 8.45. The number of aliphatic imine (C=N–C) groups is 1. The van der Waals surface area contributed by atoms with Gasteiger partial charge in [0.1, 0.15) is 5.82 Å². The SMILES string of the molecule is C=CC1(Cc2cncc(N3CCCCC3)c2)CC(=CN)C(=Nc2ccc(F)cc2)C=C1CCNS. The average molecular weight is 492 g/mol. The summed E-state index contributed by atoms with van der Waals surface area (Å²) in [5.41, 5.74) is 11.8. The van der Waals surface area contributed by atoms with Gasteiger partial charge in [0.05, 0.1) is 23.3 Å². The Balaban J connectivity index is 1.69. The summed E-state index contributed by atoms with van der Waals surface area (Å²) in [5.74, 6) is -0.283. The van der Waals surface area contributed by atoms with Crippen LogP contribution in [0.3, 0.4) is 0 Å². The van der Waals surface area contributed by atoms with Crippen molar-refractivity contribution < 1.29 is 4.39 Å². The van der Waals surface area contributed by atoms with E-state index in [0.717, 1.165) is 37.2 Å². The fourth-order valence-corrected chi connectivity index (χ4v) is 5.18. The van der Waals surface area contributed by atoms with E-state index in [1.54, 1.807) is 18.3 Å². The Morgan fingerprint density at radius 1 is 1.20 bits per heavy atom. The molecular formula is C28H34FN5S. The third-order valence-electron chi connectivity index (χ3n) is 6.98. The van der Waals surface area contributed by atoms with Gasteiger partial charge in [-0.3, -0.25) is 9.71 Å². The fourth-order valence-electron chi connectivity index (χ4n) is 5.07. The highest BCUT2D eigenvalue weighted by molar-refractivity contribution is 7.78. The number of pyridine rings is 1. The normalized spacial score (nSPS) is 22.9. The highest BCUT2D eigenvalue weighted by Gasteiger charge is 2.37. The van der Waals surface area contributed by atoms with E-state index >= 15 is 0 Å². The quantitative estimate of drug-likeness (QED) is 0.328. The van der Waals surface area contributed by atoms with Gasteiger partial charge in [-0.2, -0.15) is 0 Å². The van der Waals surface area contributed by atoms with Gasteiger partial charge in [-0.05, 0) is 92.3 Å². The van der Waals surface area contributed by atoms with E-state index in [1.165, 1.54) is 48.2 Å². The second-order valence-electron chi connectivity index (χ2n) is 9.31. The zero-order chi connectivity index (χ0) is 24.7. The maximum Gasteiger partial charge on any atom is 0.123 e. The van der Waals surface area contributed by atoms with E-state index < -0.39 is 0 Å². The van der Waals surface area contributed by atoms with E-state index in [4.69, 9.17) is 10.7 Å². The Kier molecular flexibility index (Phi) is 8.42. The second-order valence-corrected chi connectivity index (χ2v) is 9.62. The molecule has 1 saturated heterocycles. The Labute approximate surface area is 213 Å². The van der Waals surface area contributed by atoms with Crippen LogP contribution in [-0.4, -0.2) is 30.3 Å². The highest BCUT2D eigenvalue weighted by Crippen LogP contribution is 2.45. The minimum atomic E-state index is -0.320. The molecule has 4 rings (SSSR count). The molecule has 7 heteroatoms. The number of nitrogens with one attached hydrogen (secondary N) is 1. The van der Waals surface area contributed by atoms with Crippen LogP contribution in [0.1, 0.15) is 37.7 Å². The first-order valence-corrected chi connectivity index (χ1v) is 12.7. The Morgan fingerprint density at radius 2 is 1.97 bits per heavy atom. The summed E-state index contributed by atoms with van der Waals surface area (Å²) in [6.07, 6.45) is 15.7. The lowest BCUT2D eigenvalue weighted by Crippen LogP contribution is -2.32. The molecule has 35 heavy (non-hydrogen) atoms. The van der Waals surface area contributed by atoms with Crippen LogP contribution < -0.4 is 15.4 Å². The van der Waals surface area contributed by atoms with Crippen molar-refractivity contribution in [3.8, 4) is 0 Å². The molecule has 1 aromatic carbocycles. The topological polar surface area (TPSA) is 66.5 Å². The number of aromatic nitrogens is 1. The largest absolute Gasteiger partial charge is 0.404 e. The van der Waals surface area contributed by atoms with E-state index in [2.05, 4.69) is 46.1 Å². The van der Waals surface area contributed by atoms with Crippen molar-refractivity contribution in [2.75, 3.05) is 24.5 Å². The smallest absolute Gasteiger partial charge is 0.123 e. The maximum absolute atomic E-state index is 13.4. The zero-order valence-electron chi connectivity index (χ0n) is 20.1. The molecule has 3 N–H and O–H groups in total. The van der Waals surface area contributed by atoms with Gasteiger partial charge in [-0.1, -0.05) is 24.5 Å². The number of rotatable bonds is 8. The molecule has 0 spiro atoms. The van der Waals surface area contributed by atoms with Crippen molar-refractivity contribution >= 4 is 29.9 Å². The van der Waals surface area contributed by atoms with E-state index in [1.807, 2.05) is 18.5 Å². The molecule has 5 nitrogen and oxygen atoms in total. The van der Waals surface area contributed by atoms with Crippen LogP contribution in [0.25, 0.3) is 0 Å². The second kappa shape index (κ2) is 11.7. The van der Waals surface area contributed by atoms with Gasteiger partial charge < -0.3 is 10.6 Å². The summed E-state index contributed by atoms with van der Waals surface area (Å²) in [6.45, 7) is 7.13. The standard InChI is InChI=1S/C28H34FN5S/c1-2-28(16-21-14-26(20-31-19-21)34-12-4-3-5-13-34)17-22(18-30)27(15-23(28)10-11-32-35)33-25-8-6-24(29)7-9-25/h2,6-9,14-15,18-20,32,35H,1,3-5,10-13,16-17,30H2. The molecule has 1 unspecified atom stereocenters. The van der Waals surface area contributed by atoms with Crippen molar-refractivity contribution in [1.29, 1.82) is 0 Å². The fraction of sp³-hybridized carbons (Fsp3) is 0.357. The Bertz CT molecular complexity index is 1120. The number of halogens is 1. The van der Waals surface area contributed by atoms with Crippen LogP contribution in [0, 0.1) is 11.2 Å². The van der Waals surface area contributed by atoms with Crippen molar-refractivity contribution in [3.05, 3.63) is 90.2 Å². The van der Waals surface area contributed by atoms with Crippen LogP contribution in [0.4, 0.5) is 15.8 Å². The van der Waals surface area contributed by atoms with Crippen LogP contribution in [0.15, 0.2) is 83.8 Å². The van der Waals surface area contributed by atoms with Crippen LogP contribution in [0.2, 0.25) is 0 Å². The summed E-state index contributed by atoms with van der Waals surface area (Å²) in [4.78, 5) is 11.8. The van der Waals surface area contributed by atoms with Gasteiger partial charge >= 0.3 is 0 Å². The number of anilines is 1. The minimum absolute atomic E-state index is 0.283. The van der Waals surface area contributed by atoms with Crippen molar-refractivity contribution in [3.63, 3.8) is 0 Å². The highest BCUT2D eigenvalue weighted by atomic mass is 32.1. The van der Waals surface area contributed by atoms with Gasteiger partial charge in [0.25, 0.3) is 0 Å². The number of piperidine rings is 1. The number of allylic oxidation sites excluding steroid dienone is 3. The minimum Gasteiger partial charge on any atom is -0.404 e. The number of nitrogens with zero attached hydrogens (tertiary/aromatic N) is 3. The van der Waals surface area contributed by atoms with Gasteiger partial charge in [0.2, 0.25) is 0 Å². The third kappa shape index (κ3) is 6.03. The van der Waals surface area contributed by atoms with Crippen LogP contribution in [0.5, 0.6) is 0 Å². The van der Waals surface area contributed by atoms with Gasteiger partial charge in [-0.25, -0.2) is 9.38 Å². The predicted molar refractivity (Wildman–Crippen MR) is 147 cm³/mol. The first-order chi connectivity index (χ1) is 17.1. The Hall–Kier alpha value is -2.90. The zero-order valence-corrected chi connectivity index (χ0v) is 21.0. The number of hydrogen-bond donors (Lipinski definition) is 3. The molecule has 0 saturated carbocycles. The molecule has 0 amide bonds. The van der Waals surface area contributed by atoms with E-state index in [9.17, 15) is 4.39 Å². The molecule has 1 aromatic heterocycles. The molecule has 1 atom stereocenters. The summed E-state index contributed by atoms with van der Waals surface area (Å²) < 4.78 is 16.4. The van der Waals surface area contributed by atoms with Crippen LogP contribution in [-0.2, 0) is 6.42 Å². The molecule has 184 valence electrons. The van der Waals surface area contributed by atoms with Crippen molar-refractivity contribution in [2.24, 2.45) is 16.1 Å². The lowest BCUT2D eigenvalue weighted by atomic mass is 9.66. The summed E-state index contributed by atoms with van der Waals surface area (Å²) in [5, 5.41) is 0. The monoisotopic (exact) mass is 491 g/mol. The third-order valence-corrected chi connectivity index (χ3v) is 7.20. The number of hydrogen-bond acceptors (Lipinski definition) is 6. The molecule has 2 aromatic rings. The molecule has 0 radical (unpaired) electrons. The van der Waals surface area contributed by atoms with Gasteiger partial charge in [0.15, 0.2) is 0 Å². The van der Waals surface area contributed by atoms with Gasteiger partial charge in [-0.15, -0.1) is 6.58 Å². The number of nitrogens with two attached hydrogens (primary N) is 1.